The molecule has 6 nitrogen and oxygen atoms in total. The van der Waals surface area contributed by atoms with Gasteiger partial charge in [-0.1, -0.05) is 75.4 Å². The first-order chi connectivity index (χ1) is 16.7. The summed E-state index contributed by atoms with van der Waals surface area (Å²) < 4.78 is 5.50. The number of carbonyl (C=O) groups is 1. The van der Waals surface area contributed by atoms with Gasteiger partial charge in [0.15, 0.2) is 0 Å². The summed E-state index contributed by atoms with van der Waals surface area (Å²) in [6.45, 7) is 6.42. The van der Waals surface area contributed by atoms with Gasteiger partial charge in [-0.2, -0.15) is 0 Å². The Bertz CT molecular complexity index is 1150. The highest BCUT2D eigenvalue weighted by atomic mass is 16.5. The molecule has 0 bridgehead atoms. The molecule has 0 aromatic heterocycles. The molecule has 0 fully saturated rings. The molecule has 2 unspecified atom stereocenters. The number of amides is 1. The number of ether oxygens (including phenoxy) is 1. The molecule has 4 N–H and O–H groups in total. The Labute approximate surface area is 206 Å². The Morgan fingerprint density at radius 2 is 1.57 bits per heavy atom. The third-order valence-corrected chi connectivity index (χ3v) is 6.63. The van der Waals surface area contributed by atoms with Gasteiger partial charge in [-0.05, 0) is 51.8 Å². The molecule has 0 radical (unpaired) electrons. The number of fused-ring (bicyclic) bond motifs is 3. The Hall–Kier alpha value is -3.35. The minimum Gasteiger partial charge on any atom is -0.508 e. The van der Waals surface area contributed by atoms with Crippen LogP contribution in [0.4, 0.5) is 4.79 Å². The first kappa shape index (κ1) is 24.8. The number of aromatic hydroxyl groups is 1. The summed E-state index contributed by atoms with van der Waals surface area (Å²) >= 11 is 0. The molecule has 3 aromatic carbocycles. The van der Waals surface area contributed by atoms with Crippen molar-refractivity contribution >= 4 is 6.09 Å². The number of benzene rings is 3. The number of phenolic OH excluding ortho intramolecular Hbond substituents is 1. The fourth-order valence-corrected chi connectivity index (χ4v) is 4.59. The van der Waals surface area contributed by atoms with E-state index in [1.165, 1.54) is 6.07 Å². The van der Waals surface area contributed by atoms with E-state index in [9.17, 15) is 20.1 Å². The monoisotopic (exact) mass is 475 g/mol. The van der Waals surface area contributed by atoms with Gasteiger partial charge in [-0.15, -0.1) is 0 Å². The van der Waals surface area contributed by atoms with Gasteiger partial charge < -0.3 is 25.4 Å². The Morgan fingerprint density at radius 3 is 2.17 bits per heavy atom. The smallest absolute Gasteiger partial charge is 0.407 e. The van der Waals surface area contributed by atoms with Crippen LogP contribution in [0.15, 0.2) is 66.7 Å². The average Bonchev–Trinajstić information content (AvgIpc) is 3.15. The van der Waals surface area contributed by atoms with E-state index in [1.54, 1.807) is 12.1 Å². The molecule has 1 aliphatic rings. The van der Waals surface area contributed by atoms with Crippen molar-refractivity contribution in [1.29, 1.82) is 0 Å². The molecule has 4 rings (SSSR count). The molecule has 0 spiro atoms. The molecular formula is C29H33NO5. The molecule has 35 heavy (non-hydrogen) atoms. The maximum Gasteiger partial charge on any atom is 0.407 e. The summed E-state index contributed by atoms with van der Waals surface area (Å²) in [6.07, 6.45) is -2.91. The standard InChI is InChI=1S/C29H33NO5/c1-29(2,3)18-12-13-25(31)23(16-18)27(33)26(32)14-15-30-28(34)35-17-24-21-10-6-4-8-19(21)20-9-5-7-11-22(20)24/h4-13,16,24,26-27,31-33H,14-15,17H2,1-3H3,(H,30,34). The summed E-state index contributed by atoms with van der Waals surface area (Å²) in [5.41, 5.74) is 5.63. The van der Waals surface area contributed by atoms with Gasteiger partial charge in [0.05, 0.1) is 6.10 Å². The van der Waals surface area contributed by atoms with Crippen LogP contribution in [-0.2, 0) is 10.2 Å². The van der Waals surface area contributed by atoms with Crippen LogP contribution in [0.3, 0.4) is 0 Å². The van der Waals surface area contributed by atoms with Crippen LogP contribution in [0.5, 0.6) is 5.75 Å². The molecule has 1 amide bonds. The molecule has 0 saturated heterocycles. The number of rotatable bonds is 7. The van der Waals surface area contributed by atoms with Gasteiger partial charge >= 0.3 is 6.09 Å². The van der Waals surface area contributed by atoms with Gasteiger partial charge in [0.2, 0.25) is 0 Å². The lowest BCUT2D eigenvalue weighted by molar-refractivity contribution is 0.0123. The van der Waals surface area contributed by atoms with Crippen molar-refractivity contribution in [3.8, 4) is 16.9 Å². The minimum absolute atomic E-state index is 0.0290. The lowest BCUT2D eigenvalue weighted by Crippen LogP contribution is -2.30. The highest BCUT2D eigenvalue weighted by Crippen LogP contribution is 2.44. The van der Waals surface area contributed by atoms with Gasteiger partial charge in [0.25, 0.3) is 0 Å². The summed E-state index contributed by atoms with van der Waals surface area (Å²) in [6, 6.07) is 21.3. The van der Waals surface area contributed by atoms with Crippen LogP contribution in [0, 0.1) is 0 Å². The van der Waals surface area contributed by atoms with Crippen LogP contribution < -0.4 is 5.32 Å². The third kappa shape index (κ3) is 5.34. The lowest BCUT2D eigenvalue weighted by atomic mass is 9.85. The highest BCUT2D eigenvalue weighted by Gasteiger charge is 2.29. The van der Waals surface area contributed by atoms with Crippen LogP contribution in [0.1, 0.15) is 61.5 Å². The van der Waals surface area contributed by atoms with Crippen LogP contribution in [0.2, 0.25) is 0 Å². The van der Waals surface area contributed by atoms with E-state index in [2.05, 4.69) is 29.6 Å². The summed E-state index contributed by atoms with van der Waals surface area (Å²) in [4.78, 5) is 12.3. The van der Waals surface area contributed by atoms with Crippen molar-refractivity contribution in [3.05, 3.63) is 89.0 Å². The summed E-state index contributed by atoms with van der Waals surface area (Å²) in [5, 5.41) is 33.9. The first-order valence-corrected chi connectivity index (χ1v) is 11.9. The van der Waals surface area contributed by atoms with E-state index in [-0.39, 0.29) is 42.2 Å². The molecule has 2 atom stereocenters. The predicted octanol–water partition coefficient (Wildman–Crippen LogP) is 5.01. The topological polar surface area (TPSA) is 99.0 Å². The minimum atomic E-state index is -1.28. The molecule has 0 saturated carbocycles. The first-order valence-electron chi connectivity index (χ1n) is 11.9. The van der Waals surface area contributed by atoms with Crippen molar-refractivity contribution < 1.29 is 24.9 Å². The van der Waals surface area contributed by atoms with Gasteiger partial charge in [-0.25, -0.2) is 4.79 Å². The zero-order chi connectivity index (χ0) is 25.2. The molecule has 0 aliphatic heterocycles. The van der Waals surface area contributed by atoms with E-state index >= 15 is 0 Å². The van der Waals surface area contributed by atoms with Crippen molar-refractivity contribution in [2.45, 2.75) is 50.7 Å². The van der Waals surface area contributed by atoms with E-state index in [1.807, 2.05) is 45.0 Å². The normalized spacial score (nSPS) is 14.7. The van der Waals surface area contributed by atoms with Crippen LogP contribution in [0.25, 0.3) is 11.1 Å². The van der Waals surface area contributed by atoms with Crippen molar-refractivity contribution in [1.82, 2.24) is 5.32 Å². The fraction of sp³-hybridized carbons (Fsp3) is 0.345. The lowest BCUT2D eigenvalue weighted by Gasteiger charge is -2.24. The number of carbonyl (C=O) groups excluding carboxylic acids is 1. The average molecular weight is 476 g/mol. The zero-order valence-corrected chi connectivity index (χ0v) is 20.4. The van der Waals surface area contributed by atoms with E-state index < -0.39 is 18.3 Å². The van der Waals surface area contributed by atoms with E-state index in [0.29, 0.717) is 0 Å². The molecule has 0 heterocycles. The van der Waals surface area contributed by atoms with Crippen LogP contribution >= 0.6 is 0 Å². The SMILES string of the molecule is CC(C)(C)c1ccc(O)c(C(O)C(O)CCNC(=O)OCC2c3ccccc3-c3ccccc32)c1. The predicted molar refractivity (Wildman–Crippen MR) is 135 cm³/mol. The van der Waals surface area contributed by atoms with Crippen molar-refractivity contribution in [2.24, 2.45) is 0 Å². The second kappa shape index (κ2) is 10.1. The molecule has 3 aromatic rings. The maximum atomic E-state index is 12.3. The molecular weight excluding hydrogens is 442 g/mol. The van der Waals surface area contributed by atoms with E-state index in [4.69, 9.17) is 4.74 Å². The Morgan fingerprint density at radius 1 is 0.971 bits per heavy atom. The fourth-order valence-electron chi connectivity index (χ4n) is 4.59. The van der Waals surface area contributed by atoms with Crippen molar-refractivity contribution in [2.75, 3.05) is 13.2 Å². The number of hydrogen-bond acceptors (Lipinski definition) is 5. The van der Waals surface area contributed by atoms with Gasteiger partial charge in [0.1, 0.15) is 18.5 Å². The Balaban J connectivity index is 1.30. The molecule has 184 valence electrons. The zero-order valence-electron chi connectivity index (χ0n) is 20.4. The summed E-state index contributed by atoms with van der Waals surface area (Å²) in [7, 11) is 0. The third-order valence-electron chi connectivity index (χ3n) is 6.63. The number of nitrogens with one attached hydrogen (secondary N) is 1. The number of phenols is 1. The maximum absolute atomic E-state index is 12.3. The Kier molecular flexibility index (Phi) is 7.15. The number of hydrogen-bond donors (Lipinski definition) is 4. The summed E-state index contributed by atoms with van der Waals surface area (Å²) in [5.74, 6) is -0.104. The number of alkyl carbamates (subject to hydrolysis) is 1. The second-order valence-electron chi connectivity index (χ2n) is 10.1. The van der Waals surface area contributed by atoms with Gasteiger partial charge in [-0.3, -0.25) is 0 Å². The van der Waals surface area contributed by atoms with E-state index in [0.717, 1.165) is 27.8 Å². The van der Waals surface area contributed by atoms with Crippen LogP contribution in [-0.4, -0.2) is 40.7 Å². The number of aliphatic hydroxyl groups excluding tert-OH is 2. The second-order valence-corrected chi connectivity index (χ2v) is 10.1. The molecule has 6 heteroatoms. The van der Waals surface area contributed by atoms with Gasteiger partial charge in [0, 0.05) is 18.0 Å². The molecule has 1 aliphatic carbocycles. The number of aliphatic hydroxyl groups is 2. The quantitative estimate of drug-likeness (QED) is 0.385. The largest absolute Gasteiger partial charge is 0.508 e. The highest BCUT2D eigenvalue weighted by molar-refractivity contribution is 5.79. The van der Waals surface area contributed by atoms with Crippen molar-refractivity contribution in [3.63, 3.8) is 0 Å².